The fourth-order valence-corrected chi connectivity index (χ4v) is 3.57. The molecule has 0 bridgehead atoms. The van der Waals surface area contributed by atoms with E-state index < -0.39 is 0 Å². The smallest absolute Gasteiger partial charge is 0.203 e. The Morgan fingerprint density at radius 3 is 2.77 bits per heavy atom. The van der Waals surface area contributed by atoms with Crippen LogP contribution in [-0.2, 0) is 0 Å². The van der Waals surface area contributed by atoms with E-state index in [0.717, 1.165) is 24.3 Å². The fraction of sp³-hybridized carbons (Fsp3) is 0.143. The van der Waals surface area contributed by atoms with Crippen LogP contribution in [0.15, 0.2) is 5.38 Å². The van der Waals surface area contributed by atoms with Gasteiger partial charge >= 0.3 is 0 Å². The molecule has 13 heavy (non-hydrogen) atoms. The van der Waals surface area contributed by atoms with Crippen LogP contribution in [0.1, 0.15) is 5.56 Å². The zero-order valence-electron chi connectivity index (χ0n) is 6.54. The summed E-state index contributed by atoms with van der Waals surface area (Å²) in [5.74, 6) is 0. The van der Waals surface area contributed by atoms with Gasteiger partial charge in [0.15, 0.2) is 5.01 Å². The lowest BCUT2D eigenvalue weighted by Gasteiger charge is -1.89. The van der Waals surface area contributed by atoms with Gasteiger partial charge in [-0.15, -0.1) is 11.3 Å². The molecule has 2 aromatic heterocycles. The Morgan fingerprint density at radius 1 is 1.54 bits per heavy atom. The molecule has 0 saturated carbocycles. The molecule has 0 aliphatic heterocycles. The Balaban J connectivity index is 2.52. The molecule has 0 atom stereocenters. The number of hydrogen-bond donors (Lipinski definition) is 0. The number of aromatic nitrogens is 2. The molecular weight excluding hydrogens is 339 g/mol. The number of halogens is 2. The van der Waals surface area contributed by atoms with Gasteiger partial charge in [0.1, 0.15) is 0 Å². The van der Waals surface area contributed by atoms with Crippen molar-refractivity contribution < 1.29 is 0 Å². The van der Waals surface area contributed by atoms with Gasteiger partial charge in [-0.25, -0.2) is 4.98 Å². The Morgan fingerprint density at radius 2 is 2.31 bits per heavy atom. The molecule has 68 valence electrons. The van der Waals surface area contributed by atoms with Crippen molar-refractivity contribution in [2.24, 2.45) is 0 Å². The Hall–Kier alpha value is 0.280. The van der Waals surface area contributed by atoms with E-state index in [-0.39, 0.29) is 0 Å². The lowest BCUT2D eigenvalue weighted by atomic mass is 10.3. The molecule has 0 aliphatic rings. The van der Waals surface area contributed by atoms with Gasteiger partial charge in [-0.1, -0.05) is 11.6 Å². The second-order valence-electron chi connectivity index (χ2n) is 2.43. The first-order valence-corrected chi connectivity index (χ1v) is 6.52. The third-order valence-electron chi connectivity index (χ3n) is 1.49. The summed E-state index contributed by atoms with van der Waals surface area (Å²) in [5.41, 5.74) is 1.10. The van der Waals surface area contributed by atoms with E-state index in [2.05, 4.69) is 31.9 Å². The maximum Gasteiger partial charge on any atom is 0.203 e. The number of rotatable bonds is 1. The maximum atomic E-state index is 6.10. The van der Waals surface area contributed by atoms with Crippen LogP contribution < -0.4 is 0 Å². The molecule has 0 unspecified atom stereocenters. The van der Waals surface area contributed by atoms with Gasteiger partial charge in [-0.2, -0.15) is 4.37 Å². The molecular formula is C7H4ClIN2S2. The lowest BCUT2D eigenvalue weighted by molar-refractivity contribution is 1.26. The summed E-state index contributed by atoms with van der Waals surface area (Å²) >= 11 is 11.2. The van der Waals surface area contributed by atoms with E-state index in [1.807, 2.05) is 12.3 Å². The van der Waals surface area contributed by atoms with Crippen LogP contribution in [0.2, 0.25) is 5.02 Å². The predicted octanol–water partition coefficient (Wildman–Crippen LogP) is 3.83. The van der Waals surface area contributed by atoms with Crippen molar-refractivity contribution in [3.63, 3.8) is 0 Å². The SMILES string of the molecule is Cc1csc(-c2nc(I)ns2)c1Cl. The standard InChI is InChI=1S/C7H4ClIN2S2/c1-3-2-12-5(4(3)8)6-10-7(9)11-13-6/h2H,1H3. The highest BCUT2D eigenvalue weighted by atomic mass is 127. The molecule has 0 spiro atoms. The molecule has 2 heterocycles. The van der Waals surface area contributed by atoms with Crippen molar-refractivity contribution in [1.82, 2.24) is 9.36 Å². The minimum absolute atomic E-state index is 0.778. The van der Waals surface area contributed by atoms with Gasteiger partial charge in [0.2, 0.25) is 3.83 Å². The largest absolute Gasteiger partial charge is 0.209 e. The van der Waals surface area contributed by atoms with Gasteiger partial charge in [0.05, 0.1) is 9.90 Å². The molecule has 2 nitrogen and oxygen atoms in total. The summed E-state index contributed by atoms with van der Waals surface area (Å²) in [7, 11) is 0. The summed E-state index contributed by atoms with van der Waals surface area (Å²) in [6, 6.07) is 0. The average Bonchev–Trinajstić information content (AvgIpc) is 2.62. The van der Waals surface area contributed by atoms with E-state index in [4.69, 9.17) is 11.6 Å². The first-order valence-electron chi connectivity index (χ1n) is 3.41. The summed E-state index contributed by atoms with van der Waals surface area (Å²) in [6.07, 6.45) is 0. The molecule has 0 saturated heterocycles. The number of thiophene rings is 1. The highest BCUT2D eigenvalue weighted by molar-refractivity contribution is 14.1. The quantitative estimate of drug-likeness (QED) is 0.736. The van der Waals surface area contributed by atoms with Crippen LogP contribution in [0.4, 0.5) is 0 Å². The highest BCUT2D eigenvalue weighted by Crippen LogP contribution is 2.37. The van der Waals surface area contributed by atoms with Crippen LogP contribution in [-0.4, -0.2) is 9.36 Å². The van der Waals surface area contributed by atoms with Crippen LogP contribution in [0.25, 0.3) is 9.88 Å². The third kappa shape index (κ3) is 1.88. The van der Waals surface area contributed by atoms with Gasteiger partial charge in [0.25, 0.3) is 0 Å². The zero-order chi connectivity index (χ0) is 9.42. The van der Waals surface area contributed by atoms with Gasteiger partial charge in [-0.3, -0.25) is 0 Å². The number of nitrogens with zero attached hydrogens (tertiary/aromatic N) is 2. The molecule has 0 aliphatic carbocycles. The van der Waals surface area contributed by atoms with E-state index in [1.165, 1.54) is 11.5 Å². The average molecular weight is 343 g/mol. The molecule has 0 radical (unpaired) electrons. The minimum Gasteiger partial charge on any atom is -0.209 e. The van der Waals surface area contributed by atoms with Crippen molar-refractivity contribution in [2.75, 3.05) is 0 Å². The Labute approximate surface area is 102 Å². The van der Waals surface area contributed by atoms with E-state index >= 15 is 0 Å². The molecule has 0 aromatic carbocycles. The van der Waals surface area contributed by atoms with Crippen molar-refractivity contribution in [2.45, 2.75) is 6.92 Å². The third-order valence-corrected chi connectivity index (χ3v) is 4.87. The normalized spacial score (nSPS) is 10.7. The van der Waals surface area contributed by atoms with Crippen LogP contribution in [0.5, 0.6) is 0 Å². The second-order valence-corrected chi connectivity index (χ2v) is 5.40. The van der Waals surface area contributed by atoms with Crippen LogP contribution in [0.3, 0.4) is 0 Å². The molecule has 0 N–H and O–H groups in total. The van der Waals surface area contributed by atoms with Crippen molar-refractivity contribution in [3.05, 3.63) is 19.8 Å². The van der Waals surface area contributed by atoms with E-state index in [0.29, 0.717) is 0 Å². The summed E-state index contributed by atoms with van der Waals surface area (Å²) < 4.78 is 4.89. The summed E-state index contributed by atoms with van der Waals surface area (Å²) in [6.45, 7) is 1.99. The molecule has 6 heteroatoms. The predicted molar refractivity (Wildman–Crippen MR) is 65.7 cm³/mol. The van der Waals surface area contributed by atoms with Gasteiger partial charge in [0, 0.05) is 22.6 Å². The van der Waals surface area contributed by atoms with Crippen molar-refractivity contribution >= 4 is 57.1 Å². The molecule has 2 rings (SSSR count). The van der Waals surface area contributed by atoms with Gasteiger partial charge < -0.3 is 0 Å². The van der Waals surface area contributed by atoms with Crippen LogP contribution >= 0.6 is 57.1 Å². The lowest BCUT2D eigenvalue weighted by Crippen LogP contribution is -1.73. The first kappa shape index (κ1) is 9.82. The monoisotopic (exact) mass is 342 g/mol. The highest BCUT2D eigenvalue weighted by Gasteiger charge is 2.12. The van der Waals surface area contributed by atoms with Gasteiger partial charge in [-0.05, 0) is 29.4 Å². The van der Waals surface area contributed by atoms with Crippen LogP contribution in [0, 0.1) is 10.8 Å². The topological polar surface area (TPSA) is 25.8 Å². The zero-order valence-corrected chi connectivity index (χ0v) is 11.1. The van der Waals surface area contributed by atoms with Crippen molar-refractivity contribution in [1.29, 1.82) is 0 Å². The number of hydrogen-bond acceptors (Lipinski definition) is 4. The van der Waals surface area contributed by atoms with E-state index in [9.17, 15) is 0 Å². The second kappa shape index (κ2) is 3.80. The summed E-state index contributed by atoms with van der Waals surface area (Å²) in [4.78, 5) is 5.30. The van der Waals surface area contributed by atoms with Crippen molar-refractivity contribution in [3.8, 4) is 9.88 Å². The fourth-order valence-electron chi connectivity index (χ4n) is 0.872. The molecule has 2 aromatic rings. The Kier molecular flexibility index (Phi) is 2.87. The maximum absolute atomic E-state index is 6.10. The minimum atomic E-state index is 0.778. The summed E-state index contributed by atoms with van der Waals surface area (Å²) in [5, 5.41) is 3.75. The number of aryl methyl sites for hydroxylation is 1. The first-order chi connectivity index (χ1) is 6.18. The molecule has 0 amide bonds. The van der Waals surface area contributed by atoms with E-state index in [1.54, 1.807) is 11.3 Å². The Bertz CT molecular complexity index is 437. The molecule has 0 fully saturated rings.